The zero-order valence-electron chi connectivity index (χ0n) is 9.80. The van der Waals surface area contributed by atoms with Crippen LogP contribution in [0, 0.1) is 5.95 Å². The lowest BCUT2D eigenvalue weighted by Crippen LogP contribution is -2.00. The predicted molar refractivity (Wildman–Crippen MR) is 80.3 cm³/mol. The standard InChI is InChI=1S/C13H10FN3S2/c14-12-9(15-7-18)5-6-10(16-12)13-17-8-3-1-2-4-11(8)19-13/h1-6,15,18H,7H2. The second-order valence-corrected chi connectivity index (χ2v) is 5.20. The summed E-state index contributed by atoms with van der Waals surface area (Å²) in [5, 5.41) is 3.51. The number of halogens is 1. The molecule has 0 aliphatic rings. The quantitative estimate of drug-likeness (QED) is 0.438. The van der Waals surface area contributed by atoms with Gasteiger partial charge in [-0.05, 0) is 24.3 Å². The summed E-state index contributed by atoms with van der Waals surface area (Å²) in [4.78, 5) is 8.40. The van der Waals surface area contributed by atoms with Crippen molar-refractivity contribution in [2.75, 3.05) is 11.2 Å². The Morgan fingerprint density at radius 1 is 1.16 bits per heavy atom. The zero-order valence-corrected chi connectivity index (χ0v) is 11.5. The van der Waals surface area contributed by atoms with Crippen molar-refractivity contribution in [1.29, 1.82) is 0 Å². The van der Waals surface area contributed by atoms with Crippen LogP contribution in [0.25, 0.3) is 20.9 Å². The van der Waals surface area contributed by atoms with Gasteiger partial charge in [0.25, 0.3) is 0 Å². The number of hydrogen-bond acceptors (Lipinski definition) is 5. The molecule has 0 unspecified atom stereocenters. The molecule has 0 amide bonds. The molecule has 96 valence electrons. The van der Waals surface area contributed by atoms with Gasteiger partial charge in [0.2, 0.25) is 5.95 Å². The Bertz CT molecular complexity index is 694. The monoisotopic (exact) mass is 291 g/mol. The Labute approximate surface area is 118 Å². The van der Waals surface area contributed by atoms with Crippen LogP contribution in [-0.2, 0) is 0 Å². The number of nitrogens with one attached hydrogen (secondary N) is 1. The summed E-state index contributed by atoms with van der Waals surface area (Å²) in [6, 6.07) is 11.2. The normalized spacial score (nSPS) is 10.8. The van der Waals surface area contributed by atoms with Crippen LogP contribution in [0.3, 0.4) is 0 Å². The summed E-state index contributed by atoms with van der Waals surface area (Å²) in [5.74, 6) is -0.176. The number of benzene rings is 1. The van der Waals surface area contributed by atoms with E-state index in [1.165, 1.54) is 11.3 Å². The van der Waals surface area contributed by atoms with Crippen LogP contribution in [0.4, 0.5) is 10.1 Å². The van der Waals surface area contributed by atoms with E-state index < -0.39 is 5.95 Å². The van der Waals surface area contributed by atoms with E-state index in [9.17, 15) is 4.39 Å². The Morgan fingerprint density at radius 3 is 2.74 bits per heavy atom. The van der Waals surface area contributed by atoms with Gasteiger partial charge in [-0.1, -0.05) is 12.1 Å². The van der Waals surface area contributed by atoms with Crippen LogP contribution in [-0.4, -0.2) is 15.8 Å². The molecule has 2 aromatic heterocycles. The summed E-state index contributed by atoms with van der Waals surface area (Å²) >= 11 is 5.50. The SMILES string of the molecule is Fc1nc(-c2nc3ccccc3s2)ccc1NCS. The molecule has 1 N–H and O–H groups in total. The topological polar surface area (TPSA) is 37.8 Å². The van der Waals surface area contributed by atoms with Gasteiger partial charge < -0.3 is 5.32 Å². The first-order valence-corrected chi connectivity index (χ1v) is 7.10. The maximum absolute atomic E-state index is 13.7. The number of fused-ring (bicyclic) bond motifs is 1. The molecular weight excluding hydrogens is 281 g/mol. The first kappa shape index (κ1) is 12.4. The molecule has 2 heterocycles. The van der Waals surface area contributed by atoms with E-state index in [-0.39, 0.29) is 0 Å². The summed E-state index contributed by atoms with van der Waals surface area (Å²) < 4.78 is 14.8. The van der Waals surface area contributed by atoms with Crippen LogP contribution in [0.1, 0.15) is 0 Å². The average molecular weight is 291 g/mol. The molecule has 0 aliphatic heterocycles. The number of thiazole rings is 1. The minimum atomic E-state index is -0.536. The highest BCUT2D eigenvalue weighted by atomic mass is 32.1. The molecule has 3 rings (SSSR count). The first-order chi connectivity index (χ1) is 9.28. The van der Waals surface area contributed by atoms with E-state index in [2.05, 4.69) is 27.9 Å². The van der Waals surface area contributed by atoms with Crippen molar-refractivity contribution in [2.45, 2.75) is 0 Å². The number of aromatic nitrogens is 2. The van der Waals surface area contributed by atoms with Crippen LogP contribution >= 0.6 is 24.0 Å². The third kappa shape index (κ3) is 2.41. The van der Waals surface area contributed by atoms with Crippen molar-refractivity contribution in [3.63, 3.8) is 0 Å². The molecular formula is C13H10FN3S2. The molecule has 0 radical (unpaired) electrons. The Balaban J connectivity index is 2.03. The summed E-state index contributed by atoms with van der Waals surface area (Å²) in [6.45, 7) is 0. The minimum absolute atomic E-state index is 0.347. The van der Waals surface area contributed by atoms with Crippen molar-refractivity contribution < 1.29 is 4.39 Å². The Hall–Kier alpha value is -1.66. The lowest BCUT2D eigenvalue weighted by atomic mass is 10.3. The smallest absolute Gasteiger partial charge is 0.236 e. The molecule has 0 bridgehead atoms. The molecule has 3 nitrogen and oxygen atoms in total. The van der Waals surface area contributed by atoms with Crippen LogP contribution in [0.2, 0.25) is 0 Å². The summed E-state index contributed by atoms with van der Waals surface area (Å²) in [7, 11) is 0. The van der Waals surface area contributed by atoms with Gasteiger partial charge in [-0.15, -0.1) is 11.3 Å². The maximum atomic E-state index is 13.7. The lowest BCUT2D eigenvalue weighted by Gasteiger charge is -2.04. The maximum Gasteiger partial charge on any atom is 0.236 e. The number of rotatable bonds is 3. The lowest BCUT2D eigenvalue weighted by molar-refractivity contribution is 0.589. The number of para-hydroxylation sites is 1. The van der Waals surface area contributed by atoms with E-state index >= 15 is 0 Å². The van der Waals surface area contributed by atoms with Gasteiger partial charge in [-0.3, -0.25) is 0 Å². The number of anilines is 1. The molecule has 0 spiro atoms. The number of thiol groups is 1. The minimum Gasteiger partial charge on any atom is -0.373 e. The average Bonchev–Trinajstić information content (AvgIpc) is 2.85. The number of hydrogen-bond donors (Lipinski definition) is 2. The molecule has 19 heavy (non-hydrogen) atoms. The first-order valence-electron chi connectivity index (χ1n) is 5.65. The van der Waals surface area contributed by atoms with E-state index in [1.807, 2.05) is 24.3 Å². The molecule has 6 heteroatoms. The van der Waals surface area contributed by atoms with Gasteiger partial charge in [0.05, 0.1) is 21.8 Å². The van der Waals surface area contributed by atoms with Gasteiger partial charge in [0.15, 0.2) is 0 Å². The van der Waals surface area contributed by atoms with Crippen LogP contribution < -0.4 is 5.32 Å². The van der Waals surface area contributed by atoms with E-state index in [0.717, 1.165) is 15.2 Å². The number of nitrogens with zero attached hydrogens (tertiary/aromatic N) is 2. The fourth-order valence-corrected chi connectivity index (χ4v) is 2.86. The van der Waals surface area contributed by atoms with Crippen molar-refractivity contribution in [3.8, 4) is 10.7 Å². The Kier molecular flexibility index (Phi) is 3.35. The summed E-state index contributed by atoms with van der Waals surface area (Å²) in [5.41, 5.74) is 1.80. The van der Waals surface area contributed by atoms with Crippen LogP contribution in [0.5, 0.6) is 0 Å². The highest BCUT2D eigenvalue weighted by molar-refractivity contribution is 7.80. The molecule has 1 aromatic carbocycles. The molecule has 0 aliphatic carbocycles. The predicted octanol–water partition coefficient (Wildman–Crippen LogP) is 3.80. The highest BCUT2D eigenvalue weighted by Gasteiger charge is 2.10. The fourth-order valence-electron chi connectivity index (χ4n) is 1.75. The number of pyridine rings is 1. The van der Waals surface area contributed by atoms with E-state index in [4.69, 9.17) is 0 Å². The van der Waals surface area contributed by atoms with Crippen LogP contribution in [0.15, 0.2) is 36.4 Å². The van der Waals surface area contributed by atoms with Crippen molar-refractivity contribution >= 4 is 39.9 Å². The summed E-state index contributed by atoms with van der Waals surface area (Å²) in [6.07, 6.45) is 0. The third-order valence-corrected chi connectivity index (χ3v) is 3.85. The second kappa shape index (κ2) is 5.14. The van der Waals surface area contributed by atoms with E-state index in [1.54, 1.807) is 12.1 Å². The van der Waals surface area contributed by atoms with Crippen molar-refractivity contribution in [2.24, 2.45) is 0 Å². The largest absolute Gasteiger partial charge is 0.373 e. The van der Waals surface area contributed by atoms with Crippen molar-refractivity contribution in [1.82, 2.24) is 9.97 Å². The molecule has 0 atom stereocenters. The second-order valence-electron chi connectivity index (χ2n) is 3.86. The van der Waals surface area contributed by atoms with Gasteiger partial charge in [-0.2, -0.15) is 17.0 Å². The third-order valence-electron chi connectivity index (χ3n) is 2.63. The zero-order chi connectivity index (χ0) is 13.2. The fraction of sp³-hybridized carbons (Fsp3) is 0.0769. The van der Waals surface area contributed by atoms with Crippen molar-refractivity contribution in [3.05, 3.63) is 42.3 Å². The van der Waals surface area contributed by atoms with E-state index in [0.29, 0.717) is 17.3 Å². The molecule has 0 saturated heterocycles. The van der Waals surface area contributed by atoms with Gasteiger partial charge in [-0.25, -0.2) is 9.97 Å². The van der Waals surface area contributed by atoms with Gasteiger partial charge in [0.1, 0.15) is 10.7 Å². The Morgan fingerprint density at radius 2 is 2.00 bits per heavy atom. The highest BCUT2D eigenvalue weighted by Crippen LogP contribution is 2.29. The molecule has 3 aromatic rings. The molecule has 0 saturated carbocycles. The molecule has 0 fully saturated rings. The van der Waals surface area contributed by atoms with Gasteiger partial charge >= 0.3 is 0 Å². The van der Waals surface area contributed by atoms with Gasteiger partial charge in [0, 0.05) is 0 Å².